The molecular weight excluding hydrogens is 680 g/mol. The second kappa shape index (κ2) is 13.5. The maximum absolute atomic E-state index is 17.2. The smallest absolute Gasteiger partial charge is 0.319 e. The molecule has 1 spiro atoms. The molecule has 2 saturated carbocycles. The molecule has 2 atom stereocenters. The first kappa shape index (κ1) is 34.5. The summed E-state index contributed by atoms with van der Waals surface area (Å²) in [6.07, 6.45) is 15.6. The lowest BCUT2D eigenvalue weighted by molar-refractivity contribution is -0.0813. The third-order valence-electron chi connectivity index (χ3n) is 12.7. The van der Waals surface area contributed by atoms with E-state index in [1.54, 1.807) is 0 Å². The van der Waals surface area contributed by atoms with Crippen molar-refractivity contribution in [3.8, 4) is 41.2 Å². The minimum atomic E-state index is -0.782. The van der Waals surface area contributed by atoms with E-state index < -0.39 is 11.6 Å². The molecule has 0 radical (unpaired) electrons. The molecule has 12 heteroatoms. The second-order valence-electron chi connectivity index (χ2n) is 15.7. The predicted octanol–water partition coefficient (Wildman–Crippen LogP) is 6.63. The summed E-state index contributed by atoms with van der Waals surface area (Å²) < 4.78 is 56.3. The number of fused-ring (bicyclic) bond motifs is 3. The number of methoxy groups -OCH3 is 1. The van der Waals surface area contributed by atoms with E-state index in [1.165, 1.54) is 50.6 Å². The molecule has 0 amide bonds. The van der Waals surface area contributed by atoms with E-state index in [1.807, 2.05) is 4.90 Å². The fourth-order valence-corrected chi connectivity index (χ4v) is 10.2. The van der Waals surface area contributed by atoms with Crippen molar-refractivity contribution in [1.82, 2.24) is 19.9 Å². The number of halogens is 2. The molecule has 9 rings (SSSR count). The van der Waals surface area contributed by atoms with Gasteiger partial charge in [-0.3, -0.25) is 4.90 Å². The number of likely N-dealkylation sites (tertiary alicyclic amines) is 1. The zero-order valence-corrected chi connectivity index (χ0v) is 30.1. The van der Waals surface area contributed by atoms with Crippen LogP contribution in [0.5, 0.6) is 17.6 Å². The molecule has 1 N–H and O–H groups in total. The van der Waals surface area contributed by atoms with Crippen LogP contribution in [0, 0.1) is 34.8 Å². The number of anilines is 1. The van der Waals surface area contributed by atoms with Crippen molar-refractivity contribution in [2.24, 2.45) is 10.8 Å². The van der Waals surface area contributed by atoms with Crippen LogP contribution in [0.15, 0.2) is 24.3 Å². The number of hydrogen-bond donors (Lipinski definition) is 1. The normalized spacial score (nSPS) is 27.5. The highest BCUT2D eigenvalue weighted by atomic mass is 19.1. The summed E-state index contributed by atoms with van der Waals surface area (Å²) in [5.41, 5.74) is 0.154. The lowest BCUT2D eigenvalue weighted by Gasteiger charge is -2.56. The van der Waals surface area contributed by atoms with Gasteiger partial charge in [0.15, 0.2) is 5.82 Å². The molecule has 2 aromatic carbocycles. The van der Waals surface area contributed by atoms with Gasteiger partial charge in [-0.15, -0.1) is 6.42 Å². The fraction of sp³-hybridized carbons (Fsp3) is 0.537. The van der Waals surface area contributed by atoms with Crippen LogP contribution in [-0.2, 0) is 9.47 Å². The second-order valence-corrected chi connectivity index (χ2v) is 15.7. The number of piperidine rings is 1. The Bertz CT molecular complexity index is 2100. The number of pyridine rings is 1. The first-order chi connectivity index (χ1) is 25.8. The van der Waals surface area contributed by atoms with Crippen LogP contribution in [0.2, 0.25) is 0 Å². The zero-order valence-electron chi connectivity index (χ0n) is 30.1. The molecule has 2 aromatic heterocycles. The molecule has 3 saturated heterocycles. The minimum Gasteiger partial charge on any atom is -0.508 e. The highest BCUT2D eigenvalue weighted by Gasteiger charge is 2.55. The third kappa shape index (κ3) is 5.83. The standard InChI is InChI=1S/C41H45F2N5O5/c1-3-28-30(42)9-8-25-19-27(49)20-29(32(25)28)35-34(43)36-33(38(44-35)50-2)37(47-13-6-16-51-18-15-47)46-39(45-36)53-24-41-10-4-7-31(41)48(14-5-11-41)26-21-40(22-26)12-17-52-23-40/h1,8-9,19-20,26,31,49H,4-7,10-18,21-24H2,2H3/t26?,31-,40?,41-/m1/s1. The van der Waals surface area contributed by atoms with Gasteiger partial charge in [0, 0.05) is 54.8 Å². The van der Waals surface area contributed by atoms with Gasteiger partial charge < -0.3 is 29.0 Å². The Morgan fingerprint density at radius 2 is 1.85 bits per heavy atom. The lowest BCUT2D eigenvalue weighted by atomic mass is 9.63. The maximum Gasteiger partial charge on any atom is 0.319 e. The van der Waals surface area contributed by atoms with Gasteiger partial charge in [-0.25, -0.2) is 13.8 Å². The van der Waals surface area contributed by atoms with Gasteiger partial charge in [0.2, 0.25) is 5.88 Å². The van der Waals surface area contributed by atoms with Crippen LogP contribution >= 0.6 is 0 Å². The number of aromatic hydroxyl groups is 1. The number of terminal acetylenes is 1. The van der Waals surface area contributed by atoms with E-state index in [-0.39, 0.29) is 50.8 Å². The average molecular weight is 726 g/mol. The van der Waals surface area contributed by atoms with E-state index in [0.29, 0.717) is 67.0 Å². The molecule has 5 fully saturated rings. The summed E-state index contributed by atoms with van der Waals surface area (Å²) in [4.78, 5) is 19.1. The fourth-order valence-electron chi connectivity index (χ4n) is 10.2. The molecule has 5 heterocycles. The number of phenols is 1. The van der Waals surface area contributed by atoms with Gasteiger partial charge >= 0.3 is 6.01 Å². The number of hydrogen-bond acceptors (Lipinski definition) is 10. The number of rotatable bonds is 7. The molecule has 10 nitrogen and oxygen atoms in total. The van der Waals surface area contributed by atoms with Gasteiger partial charge in [-0.1, -0.05) is 18.4 Å². The largest absolute Gasteiger partial charge is 0.508 e. The number of ether oxygens (including phenoxy) is 4. The Hall–Kier alpha value is -4.31. The van der Waals surface area contributed by atoms with Gasteiger partial charge in [-0.2, -0.15) is 9.97 Å². The molecule has 0 unspecified atom stereocenters. The quantitative estimate of drug-likeness (QED) is 0.209. The van der Waals surface area contributed by atoms with Crippen LogP contribution in [0.25, 0.3) is 32.9 Å². The molecule has 5 aliphatic rings. The SMILES string of the molecule is C#Cc1c(F)ccc2cc(O)cc(-c3nc(OC)c4c(N5CCCOCC5)nc(OC[C@]56CCC[C@H]5N(C5CC7(CCOC7)C5)CCC6)nc4c3F)c12. The molecule has 278 valence electrons. The zero-order chi connectivity index (χ0) is 36.3. The number of benzene rings is 2. The van der Waals surface area contributed by atoms with E-state index >= 15 is 8.78 Å². The van der Waals surface area contributed by atoms with Crippen molar-refractivity contribution in [2.45, 2.75) is 69.9 Å². The summed E-state index contributed by atoms with van der Waals surface area (Å²) in [6.45, 7) is 5.53. The summed E-state index contributed by atoms with van der Waals surface area (Å²) in [5, 5.41) is 11.7. The Kier molecular flexibility index (Phi) is 8.79. The molecule has 4 aromatic rings. The summed E-state index contributed by atoms with van der Waals surface area (Å²) >= 11 is 0. The molecule has 0 bridgehead atoms. The summed E-state index contributed by atoms with van der Waals surface area (Å²) in [6, 6.07) is 6.59. The van der Waals surface area contributed by atoms with Crippen LogP contribution in [0.3, 0.4) is 0 Å². The van der Waals surface area contributed by atoms with E-state index in [2.05, 4.69) is 15.8 Å². The van der Waals surface area contributed by atoms with Gasteiger partial charge in [0.25, 0.3) is 0 Å². The van der Waals surface area contributed by atoms with Crippen LogP contribution in [0.1, 0.15) is 63.4 Å². The topological polar surface area (TPSA) is 102 Å². The highest BCUT2D eigenvalue weighted by molar-refractivity contribution is 6.04. The van der Waals surface area contributed by atoms with Gasteiger partial charge in [0.05, 0.1) is 32.5 Å². The first-order valence-corrected chi connectivity index (χ1v) is 19.0. The number of nitrogens with zero attached hydrogens (tertiary/aromatic N) is 5. The Balaban J connectivity index is 1.13. The average Bonchev–Trinajstić information content (AvgIpc) is 3.74. The summed E-state index contributed by atoms with van der Waals surface area (Å²) in [7, 11) is 1.45. The molecule has 3 aliphatic heterocycles. The van der Waals surface area contributed by atoms with Crippen LogP contribution in [0.4, 0.5) is 14.6 Å². The molecular formula is C41H45F2N5O5. The maximum atomic E-state index is 17.2. The van der Waals surface area contributed by atoms with Crippen molar-refractivity contribution < 1.29 is 32.8 Å². The first-order valence-electron chi connectivity index (χ1n) is 19.0. The van der Waals surface area contributed by atoms with Gasteiger partial charge in [0.1, 0.15) is 34.0 Å². The van der Waals surface area contributed by atoms with Gasteiger partial charge in [-0.05, 0) is 86.9 Å². The van der Waals surface area contributed by atoms with E-state index in [0.717, 1.165) is 58.3 Å². The Labute approximate surface area is 307 Å². The minimum absolute atomic E-state index is 0.0437. The van der Waals surface area contributed by atoms with Crippen LogP contribution < -0.4 is 14.4 Å². The van der Waals surface area contributed by atoms with Crippen molar-refractivity contribution in [1.29, 1.82) is 0 Å². The number of phenolic OH excluding ortho intramolecular Hbond substituents is 1. The summed E-state index contributed by atoms with van der Waals surface area (Å²) in [5.74, 6) is 1.36. The van der Waals surface area contributed by atoms with Crippen LogP contribution in [-0.4, -0.2) is 96.8 Å². The molecule has 53 heavy (non-hydrogen) atoms. The lowest BCUT2D eigenvalue weighted by Crippen LogP contribution is -2.60. The van der Waals surface area contributed by atoms with E-state index in [4.69, 9.17) is 35.3 Å². The third-order valence-corrected chi connectivity index (χ3v) is 12.7. The van der Waals surface area contributed by atoms with Crippen molar-refractivity contribution in [2.75, 3.05) is 64.7 Å². The van der Waals surface area contributed by atoms with Crippen molar-refractivity contribution >= 4 is 27.5 Å². The monoisotopic (exact) mass is 725 g/mol. The Morgan fingerprint density at radius 3 is 2.66 bits per heavy atom. The van der Waals surface area contributed by atoms with Crippen molar-refractivity contribution in [3.05, 3.63) is 41.5 Å². The molecule has 2 aliphatic carbocycles. The predicted molar refractivity (Wildman–Crippen MR) is 196 cm³/mol. The van der Waals surface area contributed by atoms with Crippen molar-refractivity contribution in [3.63, 3.8) is 0 Å². The van der Waals surface area contributed by atoms with E-state index in [9.17, 15) is 5.11 Å². The Morgan fingerprint density at radius 1 is 0.981 bits per heavy atom. The number of aromatic nitrogens is 3. The highest BCUT2D eigenvalue weighted by Crippen LogP contribution is 2.55.